The van der Waals surface area contributed by atoms with E-state index in [0.717, 1.165) is 9.17 Å². The monoisotopic (exact) mass is 443 g/mol. The standard InChI is InChI=1S/C16H15BrClN3O3S/c1-16(2,3)24-15(22)21(7-9-5-4-6-23-9)13-12-11(10(17)8-25-12)19-14(18)20-13/h4-6,8H,7H2,1-3H3. The Morgan fingerprint density at radius 3 is 2.84 bits per heavy atom. The maximum atomic E-state index is 12.8. The molecule has 3 aromatic rings. The van der Waals surface area contributed by atoms with Gasteiger partial charge in [0.05, 0.1) is 22.0 Å². The zero-order valence-electron chi connectivity index (χ0n) is 13.7. The van der Waals surface area contributed by atoms with E-state index < -0.39 is 11.7 Å². The van der Waals surface area contributed by atoms with E-state index in [1.807, 2.05) is 5.38 Å². The molecule has 0 aliphatic carbocycles. The Balaban J connectivity index is 2.09. The number of furan rings is 1. The molecule has 6 nitrogen and oxygen atoms in total. The highest BCUT2D eigenvalue weighted by molar-refractivity contribution is 9.10. The second kappa shape index (κ2) is 6.93. The minimum Gasteiger partial charge on any atom is -0.467 e. The summed E-state index contributed by atoms with van der Waals surface area (Å²) < 4.78 is 12.4. The predicted octanol–water partition coefficient (Wildman–Crippen LogP) is 5.64. The molecule has 0 aliphatic heterocycles. The van der Waals surface area contributed by atoms with Crippen molar-refractivity contribution in [2.45, 2.75) is 32.9 Å². The molecule has 3 rings (SSSR count). The van der Waals surface area contributed by atoms with Crippen LogP contribution in [0.1, 0.15) is 26.5 Å². The summed E-state index contributed by atoms with van der Waals surface area (Å²) in [5.74, 6) is 0.987. The van der Waals surface area contributed by atoms with E-state index in [4.69, 9.17) is 20.8 Å². The number of ether oxygens (including phenoxy) is 1. The molecule has 0 radical (unpaired) electrons. The van der Waals surface area contributed by atoms with Crippen LogP contribution < -0.4 is 4.90 Å². The third-order valence-corrected chi connectivity index (χ3v) is 5.13. The summed E-state index contributed by atoms with van der Waals surface area (Å²) in [6.45, 7) is 5.58. The summed E-state index contributed by atoms with van der Waals surface area (Å²) in [6, 6.07) is 3.54. The second-order valence-corrected chi connectivity index (χ2v) is 8.30. The molecule has 3 aromatic heterocycles. The van der Waals surface area contributed by atoms with Crippen molar-refractivity contribution in [3.63, 3.8) is 0 Å². The molecule has 0 unspecified atom stereocenters. The lowest BCUT2D eigenvalue weighted by molar-refractivity contribution is 0.0574. The molecule has 25 heavy (non-hydrogen) atoms. The van der Waals surface area contributed by atoms with Gasteiger partial charge < -0.3 is 9.15 Å². The van der Waals surface area contributed by atoms with Gasteiger partial charge in [-0.05, 0) is 60.4 Å². The predicted molar refractivity (Wildman–Crippen MR) is 101 cm³/mol. The Hall–Kier alpha value is -1.64. The zero-order valence-corrected chi connectivity index (χ0v) is 16.9. The number of fused-ring (bicyclic) bond motifs is 1. The van der Waals surface area contributed by atoms with Crippen molar-refractivity contribution in [1.82, 2.24) is 9.97 Å². The maximum absolute atomic E-state index is 12.8. The van der Waals surface area contributed by atoms with Gasteiger partial charge in [0.1, 0.15) is 16.9 Å². The van der Waals surface area contributed by atoms with E-state index in [1.54, 1.807) is 39.2 Å². The smallest absolute Gasteiger partial charge is 0.416 e. The normalized spacial score (nSPS) is 11.7. The van der Waals surface area contributed by atoms with Crippen molar-refractivity contribution >= 4 is 61.0 Å². The van der Waals surface area contributed by atoms with Crippen LogP contribution in [-0.4, -0.2) is 21.7 Å². The van der Waals surface area contributed by atoms with E-state index in [2.05, 4.69) is 25.9 Å². The van der Waals surface area contributed by atoms with Crippen molar-refractivity contribution in [3.8, 4) is 0 Å². The van der Waals surface area contributed by atoms with Crippen LogP contribution in [0.4, 0.5) is 10.6 Å². The lowest BCUT2D eigenvalue weighted by Crippen LogP contribution is -2.37. The van der Waals surface area contributed by atoms with Crippen LogP contribution in [0.25, 0.3) is 10.2 Å². The van der Waals surface area contributed by atoms with E-state index in [-0.39, 0.29) is 11.8 Å². The molecule has 0 saturated carbocycles. The number of hydrogen-bond donors (Lipinski definition) is 0. The zero-order chi connectivity index (χ0) is 18.2. The minimum absolute atomic E-state index is 0.0506. The van der Waals surface area contributed by atoms with Crippen molar-refractivity contribution in [3.05, 3.63) is 39.3 Å². The fourth-order valence-electron chi connectivity index (χ4n) is 2.13. The summed E-state index contributed by atoms with van der Waals surface area (Å²) in [6.07, 6.45) is 1.01. The SMILES string of the molecule is CC(C)(C)OC(=O)N(Cc1ccco1)c1nc(Cl)nc2c(Br)csc12. The lowest BCUT2D eigenvalue weighted by Gasteiger charge is -2.26. The molecule has 0 N–H and O–H groups in total. The number of hydrogen-bond acceptors (Lipinski definition) is 6. The van der Waals surface area contributed by atoms with Crippen molar-refractivity contribution < 1.29 is 13.9 Å². The van der Waals surface area contributed by atoms with Crippen LogP contribution >= 0.6 is 38.9 Å². The summed E-state index contributed by atoms with van der Waals surface area (Å²) in [5.41, 5.74) is -0.00204. The van der Waals surface area contributed by atoms with E-state index in [0.29, 0.717) is 17.1 Å². The number of aromatic nitrogens is 2. The van der Waals surface area contributed by atoms with Crippen molar-refractivity contribution in [2.75, 3.05) is 4.90 Å². The van der Waals surface area contributed by atoms with Crippen molar-refractivity contribution in [1.29, 1.82) is 0 Å². The first-order valence-electron chi connectivity index (χ1n) is 7.38. The number of nitrogens with zero attached hydrogens (tertiary/aromatic N) is 3. The largest absolute Gasteiger partial charge is 0.467 e. The van der Waals surface area contributed by atoms with Gasteiger partial charge in [0.15, 0.2) is 5.82 Å². The molecule has 3 heterocycles. The highest BCUT2D eigenvalue weighted by Gasteiger charge is 2.28. The maximum Gasteiger partial charge on any atom is 0.416 e. The first-order chi connectivity index (χ1) is 11.7. The number of anilines is 1. The van der Waals surface area contributed by atoms with Gasteiger partial charge in [-0.25, -0.2) is 9.78 Å². The molecular formula is C16H15BrClN3O3S. The summed E-state index contributed by atoms with van der Waals surface area (Å²) in [7, 11) is 0. The fourth-order valence-corrected chi connectivity index (χ4v) is 3.86. The topological polar surface area (TPSA) is 68.5 Å². The average molecular weight is 445 g/mol. The van der Waals surface area contributed by atoms with E-state index >= 15 is 0 Å². The van der Waals surface area contributed by atoms with Crippen LogP contribution in [0.5, 0.6) is 0 Å². The number of halogens is 2. The third kappa shape index (κ3) is 4.13. The molecule has 132 valence electrons. The van der Waals surface area contributed by atoms with Gasteiger partial charge in [0, 0.05) is 5.38 Å². The van der Waals surface area contributed by atoms with Crippen LogP contribution in [-0.2, 0) is 11.3 Å². The molecule has 1 amide bonds. The molecule has 0 fully saturated rings. The minimum atomic E-state index is -0.648. The van der Waals surface area contributed by atoms with Gasteiger partial charge in [-0.3, -0.25) is 4.90 Å². The number of carbonyl (C=O) groups is 1. The Labute approximate surface area is 161 Å². The van der Waals surface area contributed by atoms with Crippen molar-refractivity contribution in [2.24, 2.45) is 0 Å². The molecule has 0 bridgehead atoms. The van der Waals surface area contributed by atoms with Gasteiger partial charge in [0.25, 0.3) is 0 Å². The molecular weight excluding hydrogens is 430 g/mol. The molecule has 9 heteroatoms. The summed E-state index contributed by atoms with van der Waals surface area (Å²) in [4.78, 5) is 22.7. The van der Waals surface area contributed by atoms with Gasteiger partial charge in [-0.1, -0.05) is 0 Å². The molecule has 0 saturated heterocycles. The number of rotatable bonds is 3. The van der Waals surface area contributed by atoms with Crippen LogP contribution in [0.3, 0.4) is 0 Å². The van der Waals surface area contributed by atoms with Gasteiger partial charge in [0.2, 0.25) is 5.28 Å². The first-order valence-corrected chi connectivity index (χ1v) is 9.43. The Kier molecular flexibility index (Phi) is 5.04. The van der Waals surface area contributed by atoms with Gasteiger partial charge in [-0.15, -0.1) is 11.3 Å². The van der Waals surface area contributed by atoms with Crippen LogP contribution in [0.15, 0.2) is 32.7 Å². The molecule has 0 atom stereocenters. The van der Waals surface area contributed by atoms with Crippen LogP contribution in [0, 0.1) is 0 Å². The third-order valence-electron chi connectivity index (χ3n) is 3.09. The second-order valence-electron chi connectivity index (χ2n) is 6.22. The average Bonchev–Trinajstić information content (AvgIpc) is 3.13. The van der Waals surface area contributed by atoms with Gasteiger partial charge >= 0.3 is 6.09 Å². The Bertz CT molecular complexity index is 905. The molecule has 0 aliphatic rings. The number of amides is 1. The summed E-state index contributed by atoms with van der Waals surface area (Å²) in [5, 5.41) is 1.92. The molecule has 0 aromatic carbocycles. The fraction of sp³-hybridized carbons (Fsp3) is 0.312. The quantitative estimate of drug-likeness (QED) is 0.489. The number of carbonyl (C=O) groups excluding carboxylic acids is 1. The first kappa shape index (κ1) is 18.2. The number of thiophene rings is 1. The van der Waals surface area contributed by atoms with Crippen LogP contribution in [0.2, 0.25) is 5.28 Å². The van der Waals surface area contributed by atoms with Gasteiger partial charge in [-0.2, -0.15) is 4.98 Å². The lowest BCUT2D eigenvalue weighted by atomic mass is 10.2. The van der Waals surface area contributed by atoms with E-state index in [1.165, 1.54) is 16.2 Å². The molecule has 0 spiro atoms. The Morgan fingerprint density at radius 2 is 2.20 bits per heavy atom. The highest BCUT2D eigenvalue weighted by Crippen LogP contribution is 2.36. The highest BCUT2D eigenvalue weighted by atomic mass is 79.9. The van der Waals surface area contributed by atoms with E-state index in [9.17, 15) is 4.79 Å². The Morgan fingerprint density at radius 1 is 1.44 bits per heavy atom. The summed E-state index contributed by atoms with van der Waals surface area (Å²) >= 11 is 10.9.